The molecule has 0 radical (unpaired) electrons. The molecule has 134 valence electrons. The van der Waals surface area contributed by atoms with Crippen molar-refractivity contribution in [1.82, 2.24) is 20.4 Å². The van der Waals surface area contributed by atoms with Gasteiger partial charge < -0.3 is 15.5 Å². The topological polar surface area (TPSA) is 42.9 Å². The van der Waals surface area contributed by atoms with Crippen LogP contribution in [0.5, 0.6) is 0 Å². The van der Waals surface area contributed by atoms with E-state index in [-0.39, 0.29) is 0 Å². The molecule has 1 atom stereocenters. The van der Waals surface area contributed by atoms with Crippen molar-refractivity contribution in [2.45, 2.75) is 64.0 Å². The second-order valence-electron chi connectivity index (χ2n) is 7.45. The van der Waals surface area contributed by atoms with Crippen LogP contribution in [-0.4, -0.2) is 74.2 Å². The number of nitrogens with zero attached hydrogens (tertiary/aromatic N) is 3. The Balaban J connectivity index is 1.99. The number of hydrogen-bond donors (Lipinski definition) is 2. The summed E-state index contributed by atoms with van der Waals surface area (Å²) in [5.41, 5.74) is 0.306. The second kappa shape index (κ2) is 8.88. The van der Waals surface area contributed by atoms with Crippen LogP contribution in [0.25, 0.3) is 0 Å². The van der Waals surface area contributed by atoms with Crippen molar-refractivity contribution >= 4 is 5.96 Å². The molecule has 0 aromatic carbocycles. The highest BCUT2D eigenvalue weighted by Gasteiger charge is 2.39. The minimum atomic E-state index is 0.306. The van der Waals surface area contributed by atoms with Crippen molar-refractivity contribution in [3.05, 3.63) is 0 Å². The first-order chi connectivity index (χ1) is 11.1. The maximum Gasteiger partial charge on any atom is 0.191 e. The van der Waals surface area contributed by atoms with Gasteiger partial charge in [0.2, 0.25) is 0 Å². The van der Waals surface area contributed by atoms with E-state index < -0.39 is 0 Å². The van der Waals surface area contributed by atoms with Crippen molar-refractivity contribution in [2.24, 2.45) is 4.99 Å². The van der Waals surface area contributed by atoms with Crippen LogP contribution in [0, 0.1) is 0 Å². The van der Waals surface area contributed by atoms with Crippen molar-refractivity contribution in [3.63, 3.8) is 0 Å². The lowest BCUT2D eigenvalue weighted by molar-refractivity contribution is 0.0173. The molecular formula is C18H37N5. The zero-order valence-electron chi connectivity index (χ0n) is 15.7. The van der Waals surface area contributed by atoms with Crippen molar-refractivity contribution in [2.75, 3.05) is 46.8 Å². The molecule has 0 bridgehead atoms. The molecule has 23 heavy (non-hydrogen) atoms. The number of piperidine rings is 2. The maximum atomic E-state index is 4.42. The molecule has 2 aliphatic rings. The van der Waals surface area contributed by atoms with Crippen molar-refractivity contribution in [3.8, 4) is 0 Å². The second-order valence-corrected chi connectivity index (χ2v) is 7.45. The van der Waals surface area contributed by atoms with Crippen LogP contribution in [0.2, 0.25) is 0 Å². The predicted molar refractivity (Wildman–Crippen MR) is 99.1 cm³/mol. The zero-order chi connectivity index (χ0) is 16.7. The first kappa shape index (κ1) is 18.5. The number of aliphatic imine (C=N–C) groups is 1. The fourth-order valence-corrected chi connectivity index (χ4v) is 3.79. The summed E-state index contributed by atoms with van der Waals surface area (Å²) < 4.78 is 0. The van der Waals surface area contributed by atoms with E-state index in [0.717, 1.165) is 18.9 Å². The van der Waals surface area contributed by atoms with Crippen LogP contribution < -0.4 is 10.6 Å². The van der Waals surface area contributed by atoms with E-state index in [2.05, 4.69) is 46.3 Å². The summed E-state index contributed by atoms with van der Waals surface area (Å²) >= 11 is 0. The van der Waals surface area contributed by atoms with Crippen LogP contribution in [0.3, 0.4) is 0 Å². The van der Waals surface area contributed by atoms with Gasteiger partial charge in [0.05, 0.1) is 0 Å². The summed E-state index contributed by atoms with van der Waals surface area (Å²) in [6, 6.07) is 0.463. The standard InChI is InChI=1S/C18H37N5/c1-5-16(2)21-17(19-3)20-15-18(9-13-22(4)14-10-18)23-11-7-6-8-12-23/h16H,5-15H2,1-4H3,(H2,19,20,21). The van der Waals surface area contributed by atoms with Crippen LogP contribution in [0.1, 0.15) is 52.4 Å². The van der Waals surface area contributed by atoms with Gasteiger partial charge in [0, 0.05) is 25.2 Å². The number of nitrogens with one attached hydrogen (secondary N) is 2. The SMILES string of the molecule is CCC(C)NC(=NC)NCC1(N2CCCCC2)CCN(C)CC1. The van der Waals surface area contributed by atoms with Crippen molar-refractivity contribution < 1.29 is 0 Å². The van der Waals surface area contributed by atoms with Gasteiger partial charge in [-0.2, -0.15) is 0 Å². The van der Waals surface area contributed by atoms with Crippen LogP contribution in [0.4, 0.5) is 0 Å². The number of hydrogen-bond acceptors (Lipinski definition) is 3. The van der Waals surface area contributed by atoms with Gasteiger partial charge in [-0.05, 0) is 72.3 Å². The molecular weight excluding hydrogens is 286 g/mol. The number of rotatable bonds is 5. The van der Waals surface area contributed by atoms with Gasteiger partial charge in [0.25, 0.3) is 0 Å². The van der Waals surface area contributed by atoms with E-state index in [1.807, 2.05) is 7.05 Å². The largest absolute Gasteiger partial charge is 0.355 e. The highest BCUT2D eigenvalue weighted by atomic mass is 15.3. The third-order valence-corrected chi connectivity index (χ3v) is 5.75. The third kappa shape index (κ3) is 5.08. The van der Waals surface area contributed by atoms with Gasteiger partial charge >= 0.3 is 0 Å². The predicted octanol–water partition coefficient (Wildman–Crippen LogP) is 1.90. The summed E-state index contributed by atoms with van der Waals surface area (Å²) in [5.74, 6) is 0.953. The zero-order valence-corrected chi connectivity index (χ0v) is 15.7. The van der Waals surface area contributed by atoms with E-state index in [1.54, 1.807) is 0 Å². The lowest BCUT2D eigenvalue weighted by Crippen LogP contribution is -2.62. The molecule has 2 heterocycles. The van der Waals surface area contributed by atoms with E-state index in [4.69, 9.17) is 0 Å². The highest BCUT2D eigenvalue weighted by molar-refractivity contribution is 5.80. The summed E-state index contributed by atoms with van der Waals surface area (Å²) in [6.07, 6.45) is 7.75. The Morgan fingerprint density at radius 2 is 1.78 bits per heavy atom. The highest BCUT2D eigenvalue weighted by Crippen LogP contribution is 2.30. The Morgan fingerprint density at radius 1 is 1.13 bits per heavy atom. The van der Waals surface area contributed by atoms with E-state index >= 15 is 0 Å². The minimum absolute atomic E-state index is 0.306. The lowest BCUT2D eigenvalue weighted by Gasteiger charge is -2.50. The van der Waals surface area contributed by atoms with E-state index in [9.17, 15) is 0 Å². The molecule has 2 saturated heterocycles. The molecule has 5 nitrogen and oxygen atoms in total. The molecule has 2 rings (SSSR count). The Labute approximate surface area is 142 Å². The molecule has 0 aromatic rings. The summed E-state index contributed by atoms with van der Waals surface area (Å²) in [5, 5.41) is 7.13. The third-order valence-electron chi connectivity index (χ3n) is 5.75. The van der Waals surface area contributed by atoms with Gasteiger partial charge in [-0.1, -0.05) is 13.3 Å². The Morgan fingerprint density at radius 3 is 2.35 bits per heavy atom. The molecule has 2 aliphatic heterocycles. The first-order valence-electron chi connectivity index (χ1n) is 9.50. The molecule has 2 N–H and O–H groups in total. The minimum Gasteiger partial charge on any atom is -0.355 e. The molecule has 0 saturated carbocycles. The molecule has 2 fully saturated rings. The Kier molecular flexibility index (Phi) is 7.15. The Bertz CT molecular complexity index is 368. The molecule has 1 unspecified atom stereocenters. The first-order valence-corrected chi connectivity index (χ1v) is 9.50. The number of guanidine groups is 1. The summed E-state index contributed by atoms with van der Waals surface area (Å²) in [6.45, 7) is 10.4. The van der Waals surface area contributed by atoms with Gasteiger partial charge in [-0.15, -0.1) is 0 Å². The van der Waals surface area contributed by atoms with Gasteiger partial charge in [-0.25, -0.2) is 0 Å². The summed E-state index contributed by atoms with van der Waals surface area (Å²) in [4.78, 5) is 9.65. The smallest absolute Gasteiger partial charge is 0.191 e. The molecule has 0 aromatic heterocycles. The quantitative estimate of drug-likeness (QED) is 0.599. The van der Waals surface area contributed by atoms with E-state index in [0.29, 0.717) is 11.6 Å². The molecule has 0 spiro atoms. The van der Waals surface area contributed by atoms with E-state index in [1.165, 1.54) is 58.3 Å². The maximum absolute atomic E-state index is 4.42. The lowest BCUT2D eigenvalue weighted by atomic mass is 9.84. The average Bonchev–Trinajstić information content (AvgIpc) is 2.60. The fraction of sp³-hybridized carbons (Fsp3) is 0.944. The van der Waals surface area contributed by atoms with Crippen molar-refractivity contribution in [1.29, 1.82) is 0 Å². The number of likely N-dealkylation sites (tertiary alicyclic amines) is 2. The molecule has 5 heteroatoms. The van der Waals surface area contributed by atoms with Gasteiger partial charge in [-0.3, -0.25) is 9.89 Å². The van der Waals surface area contributed by atoms with Crippen LogP contribution in [-0.2, 0) is 0 Å². The molecule has 0 amide bonds. The monoisotopic (exact) mass is 323 g/mol. The fourth-order valence-electron chi connectivity index (χ4n) is 3.79. The Hall–Kier alpha value is -0.810. The normalized spacial score (nSPS) is 25.1. The van der Waals surface area contributed by atoms with Gasteiger partial charge in [0.1, 0.15) is 0 Å². The summed E-state index contributed by atoms with van der Waals surface area (Å²) in [7, 11) is 4.12. The van der Waals surface area contributed by atoms with Gasteiger partial charge in [0.15, 0.2) is 5.96 Å². The van der Waals surface area contributed by atoms with Crippen LogP contribution in [0.15, 0.2) is 4.99 Å². The molecule has 0 aliphatic carbocycles. The average molecular weight is 324 g/mol. The van der Waals surface area contributed by atoms with Crippen LogP contribution >= 0.6 is 0 Å².